The number of carboxylic acids is 2. The third-order valence-corrected chi connectivity index (χ3v) is 1.99. The normalized spacial score (nSPS) is 12.3. The maximum absolute atomic E-state index is 10.2. The summed E-state index contributed by atoms with van der Waals surface area (Å²) >= 11 is 0. The quantitative estimate of drug-likeness (QED) is 0.515. The van der Waals surface area contributed by atoms with Crippen LogP contribution in [0.25, 0.3) is 0 Å². The number of rotatable bonds is 6. The zero-order valence-corrected chi connectivity index (χ0v) is 10.8. The predicted octanol–water partition coefficient (Wildman–Crippen LogP) is 0.787. The van der Waals surface area contributed by atoms with E-state index in [4.69, 9.17) is 21.7 Å². The SMILES string of the molecule is CC(C)(N)C(=O)O.CCCCCC(N)C(=O)O. The van der Waals surface area contributed by atoms with Gasteiger partial charge in [-0.15, -0.1) is 0 Å². The molecule has 0 radical (unpaired) electrons. The van der Waals surface area contributed by atoms with Crippen molar-refractivity contribution in [1.29, 1.82) is 0 Å². The van der Waals surface area contributed by atoms with Gasteiger partial charge in [0.25, 0.3) is 0 Å². The molecular weight excluding hydrogens is 224 g/mol. The molecule has 0 aromatic rings. The summed E-state index contributed by atoms with van der Waals surface area (Å²) < 4.78 is 0. The van der Waals surface area contributed by atoms with Gasteiger partial charge in [0.15, 0.2) is 0 Å². The van der Waals surface area contributed by atoms with Crippen molar-refractivity contribution in [3.8, 4) is 0 Å². The summed E-state index contributed by atoms with van der Waals surface area (Å²) in [6.07, 6.45) is 3.69. The van der Waals surface area contributed by atoms with Gasteiger partial charge < -0.3 is 21.7 Å². The Bertz CT molecular complexity index is 236. The summed E-state index contributed by atoms with van der Waals surface area (Å²) in [5.74, 6) is -1.87. The lowest BCUT2D eigenvalue weighted by Gasteiger charge is -2.09. The van der Waals surface area contributed by atoms with Crippen molar-refractivity contribution in [3.05, 3.63) is 0 Å². The number of carboxylic acid groups (broad SMARTS) is 2. The van der Waals surface area contributed by atoms with Gasteiger partial charge >= 0.3 is 11.9 Å². The Morgan fingerprint density at radius 3 is 1.88 bits per heavy atom. The molecule has 0 heterocycles. The molecule has 0 aromatic heterocycles. The standard InChI is InChI=1S/C7H15NO2.C4H9NO2/c1-2-3-4-5-6(8)7(9)10;1-4(2,5)3(6)7/h6H,2-5,8H2,1H3,(H,9,10);5H2,1-2H3,(H,6,7). The van der Waals surface area contributed by atoms with E-state index in [1.807, 2.05) is 0 Å². The first-order chi connectivity index (χ1) is 7.62. The molecule has 0 amide bonds. The van der Waals surface area contributed by atoms with Crippen molar-refractivity contribution in [2.75, 3.05) is 0 Å². The Balaban J connectivity index is 0. The molecule has 0 aliphatic rings. The molecule has 0 aliphatic heterocycles. The van der Waals surface area contributed by atoms with Gasteiger partial charge in [-0.3, -0.25) is 9.59 Å². The third-order valence-electron chi connectivity index (χ3n) is 1.99. The van der Waals surface area contributed by atoms with Crippen molar-refractivity contribution in [2.45, 2.75) is 58.0 Å². The average molecular weight is 248 g/mol. The predicted molar refractivity (Wildman–Crippen MR) is 65.7 cm³/mol. The molecule has 0 spiro atoms. The van der Waals surface area contributed by atoms with E-state index in [1.54, 1.807) is 0 Å². The summed E-state index contributed by atoms with van der Waals surface area (Å²) in [5.41, 5.74) is 9.25. The third kappa shape index (κ3) is 12.8. The van der Waals surface area contributed by atoms with Crippen LogP contribution in [0.1, 0.15) is 46.5 Å². The molecule has 102 valence electrons. The number of hydrogen-bond donors (Lipinski definition) is 4. The molecule has 0 fully saturated rings. The number of nitrogens with two attached hydrogens (primary N) is 2. The van der Waals surface area contributed by atoms with Crippen LogP contribution in [0.15, 0.2) is 0 Å². The van der Waals surface area contributed by atoms with Crippen LogP contribution in [-0.4, -0.2) is 33.7 Å². The topological polar surface area (TPSA) is 127 Å². The molecule has 6 nitrogen and oxygen atoms in total. The minimum Gasteiger partial charge on any atom is -0.480 e. The highest BCUT2D eigenvalue weighted by atomic mass is 16.4. The fraction of sp³-hybridized carbons (Fsp3) is 0.818. The van der Waals surface area contributed by atoms with E-state index in [2.05, 4.69) is 6.92 Å². The Kier molecular flexibility index (Phi) is 9.60. The Labute approximate surface area is 102 Å². The second kappa shape index (κ2) is 8.95. The van der Waals surface area contributed by atoms with E-state index < -0.39 is 23.5 Å². The molecule has 0 aromatic carbocycles. The highest BCUT2D eigenvalue weighted by Crippen LogP contribution is 2.01. The Morgan fingerprint density at radius 2 is 1.65 bits per heavy atom. The van der Waals surface area contributed by atoms with E-state index in [-0.39, 0.29) is 0 Å². The summed E-state index contributed by atoms with van der Waals surface area (Å²) in [7, 11) is 0. The van der Waals surface area contributed by atoms with E-state index in [0.717, 1.165) is 19.3 Å². The molecular formula is C11H24N2O4. The van der Waals surface area contributed by atoms with Gasteiger partial charge in [-0.1, -0.05) is 26.2 Å². The van der Waals surface area contributed by atoms with Gasteiger partial charge in [0.1, 0.15) is 11.6 Å². The Hall–Kier alpha value is -1.14. The summed E-state index contributed by atoms with van der Waals surface area (Å²) in [6.45, 7) is 4.96. The minimum absolute atomic E-state index is 0.600. The fourth-order valence-corrected chi connectivity index (χ4v) is 0.738. The van der Waals surface area contributed by atoms with Crippen LogP contribution in [0.4, 0.5) is 0 Å². The van der Waals surface area contributed by atoms with Crippen LogP contribution in [0.5, 0.6) is 0 Å². The molecule has 1 atom stereocenters. The summed E-state index contributed by atoms with van der Waals surface area (Å²) in [6, 6.07) is -0.661. The first-order valence-corrected chi connectivity index (χ1v) is 5.63. The van der Waals surface area contributed by atoms with Crippen LogP contribution in [-0.2, 0) is 9.59 Å². The van der Waals surface area contributed by atoms with Gasteiger partial charge in [0, 0.05) is 0 Å². The van der Waals surface area contributed by atoms with E-state index in [1.165, 1.54) is 13.8 Å². The molecule has 0 bridgehead atoms. The number of unbranched alkanes of at least 4 members (excludes halogenated alkanes) is 2. The van der Waals surface area contributed by atoms with E-state index >= 15 is 0 Å². The highest BCUT2D eigenvalue weighted by Gasteiger charge is 2.19. The second-order valence-electron chi connectivity index (χ2n) is 4.47. The van der Waals surface area contributed by atoms with Crippen molar-refractivity contribution in [1.82, 2.24) is 0 Å². The lowest BCUT2D eigenvalue weighted by atomic mass is 10.1. The lowest BCUT2D eigenvalue weighted by Crippen LogP contribution is -2.41. The van der Waals surface area contributed by atoms with Crippen molar-refractivity contribution < 1.29 is 19.8 Å². The largest absolute Gasteiger partial charge is 0.480 e. The monoisotopic (exact) mass is 248 g/mol. The lowest BCUT2D eigenvalue weighted by molar-refractivity contribution is -0.142. The molecule has 0 rings (SSSR count). The molecule has 17 heavy (non-hydrogen) atoms. The Morgan fingerprint density at radius 1 is 1.24 bits per heavy atom. The van der Waals surface area contributed by atoms with E-state index in [9.17, 15) is 9.59 Å². The van der Waals surface area contributed by atoms with Crippen LogP contribution in [0.3, 0.4) is 0 Å². The smallest absolute Gasteiger partial charge is 0.323 e. The zero-order valence-electron chi connectivity index (χ0n) is 10.8. The average Bonchev–Trinajstić information content (AvgIpc) is 2.17. The number of hydrogen-bond acceptors (Lipinski definition) is 4. The van der Waals surface area contributed by atoms with Crippen molar-refractivity contribution in [3.63, 3.8) is 0 Å². The second-order valence-corrected chi connectivity index (χ2v) is 4.47. The minimum atomic E-state index is -1.08. The summed E-state index contributed by atoms with van der Waals surface area (Å²) in [4.78, 5) is 20.1. The summed E-state index contributed by atoms with van der Waals surface area (Å²) in [5, 5.41) is 16.5. The molecule has 0 aliphatic carbocycles. The van der Waals surface area contributed by atoms with Crippen LogP contribution >= 0.6 is 0 Å². The highest BCUT2D eigenvalue weighted by molar-refractivity contribution is 5.77. The fourth-order valence-electron chi connectivity index (χ4n) is 0.738. The van der Waals surface area contributed by atoms with Gasteiger partial charge in [-0.05, 0) is 20.3 Å². The number of aliphatic carboxylic acids is 2. The van der Waals surface area contributed by atoms with Crippen LogP contribution < -0.4 is 11.5 Å². The number of carbonyl (C=O) groups is 2. The van der Waals surface area contributed by atoms with E-state index in [0.29, 0.717) is 6.42 Å². The van der Waals surface area contributed by atoms with Gasteiger partial charge in [-0.25, -0.2) is 0 Å². The molecule has 6 heteroatoms. The van der Waals surface area contributed by atoms with Crippen LogP contribution in [0, 0.1) is 0 Å². The maximum Gasteiger partial charge on any atom is 0.323 e. The molecule has 0 saturated heterocycles. The first kappa shape index (κ1) is 18.2. The van der Waals surface area contributed by atoms with Gasteiger partial charge in [0.05, 0.1) is 0 Å². The molecule has 0 saturated carbocycles. The zero-order chi connectivity index (χ0) is 14.1. The van der Waals surface area contributed by atoms with Crippen molar-refractivity contribution in [2.24, 2.45) is 11.5 Å². The van der Waals surface area contributed by atoms with Gasteiger partial charge in [0.2, 0.25) is 0 Å². The molecule has 6 N–H and O–H groups in total. The van der Waals surface area contributed by atoms with Crippen molar-refractivity contribution >= 4 is 11.9 Å². The maximum atomic E-state index is 10.2. The van der Waals surface area contributed by atoms with Crippen LogP contribution in [0.2, 0.25) is 0 Å². The van der Waals surface area contributed by atoms with Gasteiger partial charge in [-0.2, -0.15) is 0 Å². The first-order valence-electron chi connectivity index (χ1n) is 5.63. The molecule has 1 unspecified atom stereocenters.